The zero-order valence-corrected chi connectivity index (χ0v) is 19.3. The molecule has 4 rings (SSSR count). The number of amides is 5. The van der Waals surface area contributed by atoms with Gasteiger partial charge in [0, 0.05) is 22.3 Å². The maximum atomic E-state index is 13.1. The van der Waals surface area contributed by atoms with Gasteiger partial charge in [0.25, 0.3) is 5.91 Å². The van der Waals surface area contributed by atoms with Crippen molar-refractivity contribution in [2.45, 2.75) is 31.3 Å². The zero-order valence-electron chi connectivity index (χ0n) is 17.8. The van der Waals surface area contributed by atoms with Crippen molar-refractivity contribution in [2.24, 2.45) is 0 Å². The topological polar surface area (TPSA) is 98.8 Å². The molecule has 172 valence electrons. The van der Waals surface area contributed by atoms with Crippen LogP contribution in [-0.2, 0) is 19.9 Å². The van der Waals surface area contributed by atoms with Crippen molar-refractivity contribution in [3.63, 3.8) is 0 Å². The highest BCUT2D eigenvalue weighted by atomic mass is 35.5. The van der Waals surface area contributed by atoms with Gasteiger partial charge in [0.1, 0.15) is 18.1 Å². The average molecular weight is 489 g/mol. The molecule has 0 spiro atoms. The van der Waals surface area contributed by atoms with E-state index in [1.54, 1.807) is 49.4 Å². The minimum Gasteiger partial charge on any atom is -0.329 e. The molecule has 0 radical (unpaired) electrons. The first-order valence-corrected chi connectivity index (χ1v) is 11.2. The summed E-state index contributed by atoms with van der Waals surface area (Å²) in [6.07, 6.45) is 1.09. The van der Waals surface area contributed by atoms with E-state index in [4.69, 9.17) is 23.2 Å². The molecule has 2 unspecified atom stereocenters. The van der Waals surface area contributed by atoms with Crippen molar-refractivity contribution in [3.05, 3.63) is 64.1 Å². The number of imide groups is 1. The first-order valence-electron chi connectivity index (χ1n) is 10.4. The summed E-state index contributed by atoms with van der Waals surface area (Å²) in [6.45, 7) is 1.52. The minimum absolute atomic E-state index is 0.354. The van der Waals surface area contributed by atoms with Gasteiger partial charge in [-0.1, -0.05) is 53.5 Å². The van der Waals surface area contributed by atoms with Gasteiger partial charge in [-0.15, -0.1) is 0 Å². The molecule has 2 atom stereocenters. The molecular weight excluding hydrogens is 467 g/mol. The summed E-state index contributed by atoms with van der Waals surface area (Å²) >= 11 is 12.0. The summed E-state index contributed by atoms with van der Waals surface area (Å²) in [5.41, 5.74) is -0.215. The van der Waals surface area contributed by atoms with Crippen LogP contribution < -0.4 is 10.6 Å². The third-order valence-electron chi connectivity index (χ3n) is 5.93. The van der Waals surface area contributed by atoms with Crippen molar-refractivity contribution < 1.29 is 19.2 Å². The molecule has 2 aromatic carbocycles. The molecule has 2 heterocycles. The summed E-state index contributed by atoms with van der Waals surface area (Å²) in [5.74, 6) is -1.37. The van der Waals surface area contributed by atoms with E-state index in [0.717, 1.165) is 4.90 Å². The summed E-state index contributed by atoms with van der Waals surface area (Å²) < 4.78 is 0. The lowest BCUT2D eigenvalue weighted by molar-refractivity contribution is -0.141. The van der Waals surface area contributed by atoms with Gasteiger partial charge in [0.05, 0.1) is 0 Å². The molecule has 8 nitrogen and oxygen atoms in total. The molecule has 5 amide bonds. The van der Waals surface area contributed by atoms with Gasteiger partial charge in [-0.05, 0) is 43.5 Å². The molecule has 2 aliphatic heterocycles. The highest BCUT2D eigenvalue weighted by Gasteiger charge is 2.50. The maximum Gasteiger partial charge on any atom is 0.325 e. The van der Waals surface area contributed by atoms with Crippen LogP contribution in [0.2, 0.25) is 10.0 Å². The lowest BCUT2D eigenvalue weighted by Crippen LogP contribution is -2.48. The van der Waals surface area contributed by atoms with Crippen LogP contribution in [0.1, 0.15) is 25.3 Å². The number of anilines is 1. The standard InChI is InChI=1S/C23H22Cl2N4O4/c1-23(14-6-3-2-4-7-14)21(32)29(22(33)27-23)13-19(30)28-9-5-8-18(28)20(31)26-17-11-15(24)10-16(25)12-17/h2-4,6-7,10-12,18H,5,8-9,13H2,1H3,(H,26,31)(H,27,33). The van der Waals surface area contributed by atoms with E-state index in [1.165, 1.54) is 4.90 Å². The Balaban J connectivity index is 1.46. The van der Waals surface area contributed by atoms with Crippen LogP contribution in [-0.4, -0.2) is 52.7 Å². The van der Waals surface area contributed by atoms with Gasteiger partial charge < -0.3 is 15.5 Å². The van der Waals surface area contributed by atoms with Gasteiger partial charge in [-0.2, -0.15) is 0 Å². The molecule has 0 saturated carbocycles. The molecule has 2 saturated heterocycles. The smallest absolute Gasteiger partial charge is 0.325 e. The summed E-state index contributed by atoms with van der Waals surface area (Å²) in [4.78, 5) is 53.8. The normalized spacial score (nSPS) is 22.5. The number of carbonyl (C=O) groups is 4. The largest absolute Gasteiger partial charge is 0.329 e. The van der Waals surface area contributed by atoms with Crippen LogP contribution in [0.5, 0.6) is 0 Å². The molecule has 2 aromatic rings. The van der Waals surface area contributed by atoms with Crippen molar-refractivity contribution in [3.8, 4) is 0 Å². The van der Waals surface area contributed by atoms with Gasteiger partial charge >= 0.3 is 6.03 Å². The Bertz CT molecular complexity index is 1110. The Morgan fingerprint density at radius 1 is 1.12 bits per heavy atom. The maximum absolute atomic E-state index is 13.1. The minimum atomic E-state index is -1.26. The Morgan fingerprint density at radius 3 is 2.45 bits per heavy atom. The van der Waals surface area contributed by atoms with Gasteiger partial charge in [0.15, 0.2) is 0 Å². The Kier molecular flexibility index (Phi) is 6.32. The van der Waals surface area contributed by atoms with Crippen LogP contribution in [0, 0.1) is 0 Å². The predicted octanol–water partition coefficient (Wildman–Crippen LogP) is 3.39. The van der Waals surface area contributed by atoms with Crippen LogP contribution >= 0.6 is 23.2 Å². The number of halogens is 2. The molecule has 2 fully saturated rings. The monoisotopic (exact) mass is 488 g/mol. The number of rotatable bonds is 5. The van der Waals surface area contributed by atoms with E-state index in [9.17, 15) is 19.2 Å². The molecule has 2 aliphatic rings. The lowest BCUT2D eigenvalue weighted by atomic mass is 9.92. The number of hydrogen-bond acceptors (Lipinski definition) is 4. The van der Waals surface area contributed by atoms with E-state index >= 15 is 0 Å². The van der Waals surface area contributed by atoms with Crippen molar-refractivity contribution in [2.75, 3.05) is 18.4 Å². The molecular formula is C23H22Cl2N4O4. The second-order valence-corrected chi connectivity index (χ2v) is 9.08. The zero-order chi connectivity index (χ0) is 23.8. The molecule has 10 heteroatoms. The molecule has 0 aromatic heterocycles. The van der Waals surface area contributed by atoms with Crippen LogP contribution in [0.25, 0.3) is 0 Å². The summed E-state index contributed by atoms with van der Waals surface area (Å²) in [7, 11) is 0. The van der Waals surface area contributed by atoms with Crippen LogP contribution in [0.4, 0.5) is 10.5 Å². The second-order valence-electron chi connectivity index (χ2n) is 8.21. The van der Waals surface area contributed by atoms with E-state index < -0.39 is 36.0 Å². The number of likely N-dealkylation sites (tertiary alicyclic amines) is 1. The number of nitrogens with zero attached hydrogens (tertiary/aromatic N) is 2. The molecule has 0 aliphatic carbocycles. The summed E-state index contributed by atoms with van der Waals surface area (Å²) in [5, 5.41) is 6.16. The lowest BCUT2D eigenvalue weighted by Gasteiger charge is -2.26. The number of benzene rings is 2. The van der Waals surface area contributed by atoms with E-state index in [0.29, 0.717) is 40.7 Å². The molecule has 33 heavy (non-hydrogen) atoms. The summed E-state index contributed by atoms with van der Waals surface area (Å²) in [6, 6.07) is 12.1. The Hall–Kier alpha value is -3.10. The molecule has 0 bridgehead atoms. The second kappa shape index (κ2) is 9.03. The average Bonchev–Trinajstić information content (AvgIpc) is 3.34. The third-order valence-corrected chi connectivity index (χ3v) is 6.36. The van der Waals surface area contributed by atoms with Gasteiger partial charge in [-0.25, -0.2) is 4.79 Å². The van der Waals surface area contributed by atoms with E-state index in [1.807, 2.05) is 6.07 Å². The highest BCUT2D eigenvalue weighted by Crippen LogP contribution is 2.29. The number of urea groups is 1. The van der Waals surface area contributed by atoms with Gasteiger partial charge in [-0.3, -0.25) is 19.3 Å². The SMILES string of the molecule is CC1(c2ccccc2)NC(=O)N(CC(=O)N2CCCC2C(=O)Nc2cc(Cl)cc(Cl)c2)C1=O. The quantitative estimate of drug-likeness (QED) is 0.630. The number of carbonyl (C=O) groups excluding carboxylic acids is 4. The first-order chi connectivity index (χ1) is 15.7. The Morgan fingerprint density at radius 2 is 1.79 bits per heavy atom. The van der Waals surface area contributed by atoms with Crippen molar-refractivity contribution in [1.82, 2.24) is 15.1 Å². The third kappa shape index (κ3) is 4.54. The van der Waals surface area contributed by atoms with Gasteiger partial charge in [0.2, 0.25) is 11.8 Å². The number of hydrogen-bond donors (Lipinski definition) is 2. The number of nitrogens with one attached hydrogen (secondary N) is 2. The van der Waals surface area contributed by atoms with E-state index in [-0.39, 0.29) is 5.91 Å². The highest BCUT2D eigenvalue weighted by molar-refractivity contribution is 6.35. The predicted molar refractivity (Wildman–Crippen MR) is 124 cm³/mol. The fourth-order valence-electron chi connectivity index (χ4n) is 4.22. The van der Waals surface area contributed by atoms with Crippen LogP contribution in [0.3, 0.4) is 0 Å². The Labute approximate surface area is 200 Å². The van der Waals surface area contributed by atoms with E-state index in [2.05, 4.69) is 10.6 Å². The van der Waals surface area contributed by atoms with Crippen LogP contribution in [0.15, 0.2) is 48.5 Å². The fraction of sp³-hybridized carbons (Fsp3) is 0.304. The van der Waals surface area contributed by atoms with Crippen molar-refractivity contribution in [1.29, 1.82) is 0 Å². The molecule has 2 N–H and O–H groups in total. The fourth-order valence-corrected chi connectivity index (χ4v) is 4.75. The van der Waals surface area contributed by atoms with Crippen molar-refractivity contribution >= 4 is 52.6 Å². The first kappa shape index (κ1) is 23.1.